The van der Waals surface area contributed by atoms with Gasteiger partial charge in [-0.15, -0.1) is 0 Å². The van der Waals surface area contributed by atoms with Crippen molar-refractivity contribution in [3.63, 3.8) is 0 Å². The van der Waals surface area contributed by atoms with Crippen molar-refractivity contribution in [2.75, 3.05) is 19.6 Å². The van der Waals surface area contributed by atoms with Crippen LogP contribution in [0.15, 0.2) is 83.8 Å². The predicted octanol–water partition coefficient (Wildman–Crippen LogP) is 5.72. The van der Waals surface area contributed by atoms with E-state index in [0.29, 0.717) is 38.4 Å². The van der Waals surface area contributed by atoms with Crippen LogP contribution in [0.25, 0.3) is 11.1 Å². The molecule has 204 valence electrons. The van der Waals surface area contributed by atoms with Gasteiger partial charge in [-0.3, -0.25) is 4.79 Å². The number of nitrogens with zero attached hydrogens (tertiary/aromatic N) is 3. The van der Waals surface area contributed by atoms with E-state index in [2.05, 4.69) is 17.0 Å². The van der Waals surface area contributed by atoms with Crippen LogP contribution in [-0.4, -0.2) is 51.2 Å². The molecular formula is C33H39N3O3. The van der Waals surface area contributed by atoms with Gasteiger partial charge in [-0.25, -0.2) is 4.79 Å². The van der Waals surface area contributed by atoms with Crippen LogP contribution in [0.1, 0.15) is 56.6 Å². The normalized spacial score (nSPS) is 24.7. The van der Waals surface area contributed by atoms with Gasteiger partial charge in [0, 0.05) is 38.4 Å². The maximum Gasteiger partial charge on any atom is 0.320 e. The highest BCUT2D eigenvalue weighted by molar-refractivity contribution is 5.75. The minimum Gasteiger partial charge on any atom is -0.393 e. The Hall–Kier alpha value is -3.38. The number of likely N-dealkylation sites (tertiary alicyclic amines) is 2. The van der Waals surface area contributed by atoms with E-state index >= 15 is 0 Å². The van der Waals surface area contributed by atoms with Gasteiger partial charge in [0.15, 0.2) is 0 Å². The van der Waals surface area contributed by atoms with Crippen molar-refractivity contribution in [2.45, 2.75) is 63.6 Å². The molecule has 3 fully saturated rings. The summed E-state index contributed by atoms with van der Waals surface area (Å²) < 4.78 is 1.88. The second kappa shape index (κ2) is 11.0. The van der Waals surface area contributed by atoms with E-state index in [-0.39, 0.29) is 29.2 Å². The zero-order valence-corrected chi connectivity index (χ0v) is 22.6. The van der Waals surface area contributed by atoms with Gasteiger partial charge in [0.2, 0.25) is 0 Å². The van der Waals surface area contributed by atoms with Crippen LogP contribution < -0.4 is 5.56 Å². The molecule has 6 heteroatoms. The van der Waals surface area contributed by atoms with Crippen LogP contribution in [0.3, 0.4) is 0 Å². The molecule has 1 N–H and O–H groups in total. The molecule has 39 heavy (non-hydrogen) atoms. The number of aliphatic hydroxyl groups is 1. The molecule has 2 amide bonds. The van der Waals surface area contributed by atoms with E-state index in [9.17, 15) is 14.7 Å². The van der Waals surface area contributed by atoms with Crippen LogP contribution in [0.5, 0.6) is 0 Å². The Kier molecular flexibility index (Phi) is 7.30. The number of pyridine rings is 1. The Balaban J connectivity index is 1.19. The third kappa shape index (κ3) is 5.27. The molecule has 3 aliphatic rings. The van der Waals surface area contributed by atoms with Crippen molar-refractivity contribution in [1.82, 2.24) is 14.4 Å². The quantitative estimate of drug-likeness (QED) is 0.474. The smallest absolute Gasteiger partial charge is 0.320 e. The second-order valence-electron chi connectivity index (χ2n) is 11.8. The Bertz CT molecular complexity index is 1330. The standard InChI is InChI=1S/C33H39N3O3/c37-29-15-20-36(30(22-29)26-11-5-2-6-12-26)32(39)35-19-14-28(33(24-35)16-7-8-17-33)23-34-18-13-27(21-31(34)38)25-9-3-1-4-10-25/h1-6,9-13,18,21,28-30,37H,7-8,14-17,19-20,22-24H2/t28-,29+,30-/m0/s1. The molecule has 0 unspecified atom stereocenters. The Morgan fingerprint density at radius 1 is 0.897 bits per heavy atom. The number of hydrogen-bond donors (Lipinski definition) is 1. The summed E-state index contributed by atoms with van der Waals surface area (Å²) in [6.45, 7) is 2.75. The molecule has 1 saturated carbocycles. The number of carbonyl (C=O) groups excluding carboxylic acids is 1. The molecule has 1 aliphatic carbocycles. The molecule has 2 saturated heterocycles. The lowest BCUT2D eigenvalue weighted by molar-refractivity contribution is 0.00949. The van der Waals surface area contributed by atoms with Gasteiger partial charge in [-0.2, -0.15) is 0 Å². The highest BCUT2D eigenvalue weighted by atomic mass is 16.3. The van der Waals surface area contributed by atoms with E-state index in [0.717, 1.165) is 42.5 Å². The van der Waals surface area contributed by atoms with Crippen molar-refractivity contribution >= 4 is 6.03 Å². The molecule has 0 bridgehead atoms. The van der Waals surface area contributed by atoms with Gasteiger partial charge < -0.3 is 19.5 Å². The van der Waals surface area contributed by atoms with E-state index in [4.69, 9.17) is 0 Å². The summed E-state index contributed by atoms with van der Waals surface area (Å²) in [7, 11) is 0. The fraction of sp³-hybridized carbons (Fsp3) is 0.455. The number of aliphatic hydroxyl groups excluding tert-OH is 1. The van der Waals surface area contributed by atoms with Crippen molar-refractivity contribution in [3.05, 3.63) is 94.9 Å². The summed E-state index contributed by atoms with van der Waals surface area (Å²) in [6.07, 6.45) is 8.28. The Morgan fingerprint density at radius 2 is 1.62 bits per heavy atom. The SMILES string of the molecule is O=C(N1CC[C@@H](Cn2ccc(-c3ccccc3)cc2=O)C2(CCCC2)C1)N1CC[C@@H](O)C[C@H]1c1ccccc1. The molecule has 6 rings (SSSR count). The van der Waals surface area contributed by atoms with Crippen molar-refractivity contribution < 1.29 is 9.90 Å². The molecule has 0 radical (unpaired) electrons. The minimum absolute atomic E-state index is 0.0422. The van der Waals surface area contributed by atoms with Crippen LogP contribution in [-0.2, 0) is 6.54 Å². The number of rotatable bonds is 4. The van der Waals surface area contributed by atoms with Crippen molar-refractivity contribution in [3.8, 4) is 11.1 Å². The number of hydrogen-bond acceptors (Lipinski definition) is 3. The number of urea groups is 1. The summed E-state index contributed by atoms with van der Waals surface area (Å²) in [5, 5.41) is 10.4. The van der Waals surface area contributed by atoms with Crippen LogP contribution in [0, 0.1) is 11.3 Å². The zero-order valence-electron chi connectivity index (χ0n) is 22.6. The summed E-state index contributed by atoms with van der Waals surface area (Å²) in [5.41, 5.74) is 3.20. The Labute approximate surface area is 230 Å². The lowest BCUT2D eigenvalue weighted by atomic mass is 9.69. The first-order valence-electron chi connectivity index (χ1n) is 14.6. The summed E-state index contributed by atoms with van der Waals surface area (Å²) in [5.74, 6) is 0.373. The first-order valence-corrected chi connectivity index (χ1v) is 14.6. The predicted molar refractivity (Wildman–Crippen MR) is 153 cm³/mol. The van der Waals surface area contributed by atoms with Gasteiger partial charge in [0.05, 0.1) is 12.1 Å². The molecule has 3 aromatic rings. The van der Waals surface area contributed by atoms with Gasteiger partial charge in [-0.1, -0.05) is 73.5 Å². The maximum absolute atomic E-state index is 14.0. The van der Waals surface area contributed by atoms with E-state index in [1.165, 1.54) is 12.8 Å². The molecule has 1 aromatic heterocycles. The van der Waals surface area contributed by atoms with Crippen molar-refractivity contribution in [1.29, 1.82) is 0 Å². The molecular weight excluding hydrogens is 486 g/mol. The fourth-order valence-corrected chi connectivity index (χ4v) is 7.35. The highest BCUT2D eigenvalue weighted by Crippen LogP contribution is 2.49. The largest absolute Gasteiger partial charge is 0.393 e. The number of aromatic nitrogens is 1. The van der Waals surface area contributed by atoms with Crippen LogP contribution >= 0.6 is 0 Å². The van der Waals surface area contributed by atoms with E-state index in [1.54, 1.807) is 6.07 Å². The number of benzene rings is 2. The van der Waals surface area contributed by atoms with Gasteiger partial charge in [-0.05, 0) is 66.2 Å². The third-order valence-corrected chi connectivity index (χ3v) is 9.51. The molecule has 1 spiro atoms. The first kappa shape index (κ1) is 25.9. The average Bonchev–Trinajstić information content (AvgIpc) is 3.44. The zero-order chi connectivity index (χ0) is 26.8. The average molecular weight is 526 g/mol. The van der Waals surface area contributed by atoms with Crippen molar-refractivity contribution in [2.24, 2.45) is 11.3 Å². The van der Waals surface area contributed by atoms with Gasteiger partial charge in [0.1, 0.15) is 0 Å². The molecule has 6 nitrogen and oxygen atoms in total. The van der Waals surface area contributed by atoms with E-state index < -0.39 is 0 Å². The summed E-state index contributed by atoms with van der Waals surface area (Å²) >= 11 is 0. The van der Waals surface area contributed by atoms with Crippen LogP contribution in [0.4, 0.5) is 4.79 Å². The Morgan fingerprint density at radius 3 is 2.33 bits per heavy atom. The van der Waals surface area contributed by atoms with Gasteiger partial charge >= 0.3 is 6.03 Å². The number of carbonyl (C=O) groups is 1. The van der Waals surface area contributed by atoms with E-state index in [1.807, 2.05) is 70.3 Å². The molecule has 2 aliphatic heterocycles. The fourth-order valence-electron chi connectivity index (χ4n) is 7.35. The molecule has 3 atom stereocenters. The lowest BCUT2D eigenvalue weighted by Crippen LogP contribution is -2.56. The summed E-state index contributed by atoms with van der Waals surface area (Å²) in [6, 6.07) is 24.0. The topological polar surface area (TPSA) is 65.8 Å². The minimum atomic E-state index is -0.377. The molecule has 3 heterocycles. The molecule has 2 aromatic carbocycles. The lowest BCUT2D eigenvalue weighted by Gasteiger charge is -2.49. The highest BCUT2D eigenvalue weighted by Gasteiger charge is 2.47. The number of piperidine rings is 2. The number of amides is 2. The van der Waals surface area contributed by atoms with Gasteiger partial charge in [0.25, 0.3) is 5.56 Å². The first-order chi connectivity index (χ1) is 19.0. The monoisotopic (exact) mass is 525 g/mol. The van der Waals surface area contributed by atoms with Crippen LogP contribution in [0.2, 0.25) is 0 Å². The second-order valence-corrected chi connectivity index (χ2v) is 11.8. The summed E-state index contributed by atoms with van der Waals surface area (Å²) in [4.78, 5) is 31.2. The maximum atomic E-state index is 14.0. The third-order valence-electron chi connectivity index (χ3n) is 9.51.